The molecule has 0 bridgehead atoms. The van der Waals surface area contributed by atoms with Crippen LogP contribution in [-0.2, 0) is 14.8 Å². The lowest BCUT2D eigenvalue weighted by molar-refractivity contribution is -0.136. The standard InChI is InChI=1S/C9H12F3NO3S2/c1-16-5-4-13(7-9(10,11)12)18(14,15)8-3-2-6-17-8/h2-3,6H,4-5,7H2,1H3. The molecule has 1 heterocycles. The molecule has 0 N–H and O–H groups in total. The van der Waals surface area contributed by atoms with Crippen LogP contribution in [0.2, 0.25) is 0 Å². The Morgan fingerprint density at radius 2 is 2.11 bits per heavy atom. The molecule has 1 rings (SSSR count). The summed E-state index contributed by atoms with van der Waals surface area (Å²) in [5, 5.41) is 1.50. The Morgan fingerprint density at radius 3 is 2.56 bits per heavy atom. The molecule has 0 fully saturated rings. The van der Waals surface area contributed by atoms with Crippen LogP contribution in [-0.4, -0.2) is 45.7 Å². The van der Waals surface area contributed by atoms with Gasteiger partial charge in [0, 0.05) is 13.7 Å². The smallest absolute Gasteiger partial charge is 0.383 e. The van der Waals surface area contributed by atoms with Gasteiger partial charge in [-0.2, -0.15) is 17.5 Å². The number of halogens is 3. The van der Waals surface area contributed by atoms with Crippen LogP contribution < -0.4 is 0 Å². The molecule has 0 unspecified atom stereocenters. The molecule has 0 aliphatic rings. The van der Waals surface area contributed by atoms with Gasteiger partial charge in [-0.3, -0.25) is 0 Å². The zero-order valence-corrected chi connectivity index (χ0v) is 11.1. The van der Waals surface area contributed by atoms with Crippen molar-refractivity contribution < 1.29 is 26.3 Å². The number of thiophene rings is 1. The van der Waals surface area contributed by atoms with E-state index < -0.39 is 22.7 Å². The Hall–Kier alpha value is -0.640. The summed E-state index contributed by atoms with van der Waals surface area (Å²) in [4.78, 5) is 0. The minimum absolute atomic E-state index is 0.0965. The predicted octanol–water partition coefficient (Wildman–Crippen LogP) is 1.95. The van der Waals surface area contributed by atoms with Crippen molar-refractivity contribution in [3.05, 3.63) is 17.5 Å². The predicted molar refractivity (Wildman–Crippen MR) is 61.0 cm³/mol. The van der Waals surface area contributed by atoms with Crippen molar-refractivity contribution in [2.75, 3.05) is 26.8 Å². The van der Waals surface area contributed by atoms with Gasteiger partial charge in [-0.25, -0.2) is 8.42 Å². The Morgan fingerprint density at radius 1 is 1.44 bits per heavy atom. The van der Waals surface area contributed by atoms with Crippen LogP contribution in [0, 0.1) is 0 Å². The van der Waals surface area contributed by atoms with E-state index >= 15 is 0 Å². The molecule has 0 saturated heterocycles. The molecule has 9 heteroatoms. The van der Waals surface area contributed by atoms with Gasteiger partial charge >= 0.3 is 6.18 Å². The van der Waals surface area contributed by atoms with Gasteiger partial charge < -0.3 is 4.74 Å². The van der Waals surface area contributed by atoms with Crippen molar-refractivity contribution in [2.24, 2.45) is 0 Å². The van der Waals surface area contributed by atoms with Gasteiger partial charge in [0.1, 0.15) is 10.8 Å². The number of nitrogens with zero attached hydrogens (tertiary/aromatic N) is 1. The molecular formula is C9H12F3NO3S2. The summed E-state index contributed by atoms with van der Waals surface area (Å²) in [6, 6.07) is 2.75. The minimum atomic E-state index is -4.59. The third kappa shape index (κ3) is 4.23. The highest BCUT2D eigenvalue weighted by atomic mass is 32.2. The number of methoxy groups -OCH3 is 1. The first kappa shape index (κ1) is 15.4. The fourth-order valence-corrected chi connectivity index (χ4v) is 3.77. The summed E-state index contributed by atoms with van der Waals surface area (Å²) >= 11 is 0.880. The molecule has 4 nitrogen and oxygen atoms in total. The topological polar surface area (TPSA) is 46.6 Å². The molecule has 104 valence electrons. The lowest BCUT2D eigenvalue weighted by Gasteiger charge is -2.22. The number of alkyl halides is 3. The highest BCUT2D eigenvalue weighted by molar-refractivity contribution is 7.91. The summed E-state index contributed by atoms with van der Waals surface area (Å²) in [6.07, 6.45) is -4.59. The SMILES string of the molecule is COCCN(CC(F)(F)F)S(=O)(=O)c1cccs1. The molecular weight excluding hydrogens is 291 g/mol. The first-order chi connectivity index (χ1) is 8.27. The van der Waals surface area contributed by atoms with E-state index in [-0.39, 0.29) is 17.4 Å². The highest BCUT2D eigenvalue weighted by Crippen LogP contribution is 2.25. The van der Waals surface area contributed by atoms with E-state index in [9.17, 15) is 21.6 Å². The van der Waals surface area contributed by atoms with Gasteiger partial charge in [-0.05, 0) is 11.4 Å². The van der Waals surface area contributed by atoms with E-state index in [1.807, 2.05) is 0 Å². The van der Waals surface area contributed by atoms with Gasteiger partial charge in [-0.1, -0.05) is 6.07 Å². The summed E-state index contributed by atoms with van der Waals surface area (Å²) < 4.78 is 65.9. The van der Waals surface area contributed by atoms with Gasteiger partial charge in [0.2, 0.25) is 0 Å². The van der Waals surface area contributed by atoms with Gasteiger partial charge in [0.05, 0.1) is 6.61 Å². The first-order valence-corrected chi connectivity index (χ1v) is 7.18. The molecule has 0 spiro atoms. The molecule has 0 radical (unpaired) electrons. The van der Waals surface area contributed by atoms with Crippen LogP contribution >= 0.6 is 11.3 Å². The second-order valence-electron chi connectivity index (χ2n) is 3.38. The maximum atomic E-state index is 12.4. The second-order valence-corrected chi connectivity index (χ2v) is 6.49. The van der Waals surface area contributed by atoms with Crippen molar-refractivity contribution in [1.82, 2.24) is 4.31 Å². The molecule has 18 heavy (non-hydrogen) atoms. The van der Waals surface area contributed by atoms with Crippen LogP contribution in [0.3, 0.4) is 0 Å². The Bertz CT molecular complexity index is 456. The second kappa shape index (κ2) is 6.00. The Balaban J connectivity index is 2.95. The lowest BCUT2D eigenvalue weighted by Crippen LogP contribution is -2.40. The van der Waals surface area contributed by atoms with E-state index in [4.69, 9.17) is 0 Å². The van der Waals surface area contributed by atoms with E-state index in [0.29, 0.717) is 4.31 Å². The van der Waals surface area contributed by atoms with Gasteiger partial charge in [-0.15, -0.1) is 11.3 Å². The summed E-state index contributed by atoms with van der Waals surface area (Å²) in [6.45, 7) is -1.95. The Labute approximate surface area is 107 Å². The van der Waals surface area contributed by atoms with Gasteiger partial charge in [0.25, 0.3) is 10.0 Å². The van der Waals surface area contributed by atoms with Crippen LogP contribution in [0.4, 0.5) is 13.2 Å². The molecule has 1 aromatic heterocycles. The minimum Gasteiger partial charge on any atom is -0.383 e. The molecule has 0 aliphatic carbocycles. The number of hydrogen-bond acceptors (Lipinski definition) is 4. The fraction of sp³-hybridized carbons (Fsp3) is 0.556. The van der Waals surface area contributed by atoms with Crippen molar-refractivity contribution in [2.45, 2.75) is 10.4 Å². The number of sulfonamides is 1. The number of rotatable bonds is 6. The quantitative estimate of drug-likeness (QED) is 0.807. The molecule has 1 aromatic rings. The molecule has 0 saturated carbocycles. The average molecular weight is 303 g/mol. The highest BCUT2D eigenvalue weighted by Gasteiger charge is 2.37. The largest absolute Gasteiger partial charge is 0.402 e. The van der Waals surface area contributed by atoms with E-state index in [2.05, 4.69) is 4.74 Å². The zero-order valence-electron chi connectivity index (χ0n) is 9.48. The zero-order chi connectivity index (χ0) is 13.8. The monoisotopic (exact) mass is 303 g/mol. The summed E-state index contributed by atoms with van der Waals surface area (Å²) in [7, 11) is -2.82. The van der Waals surface area contributed by atoms with Crippen LogP contribution in [0.5, 0.6) is 0 Å². The van der Waals surface area contributed by atoms with Gasteiger partial charge in [0.15, 0.2) is 0 Å². The van der Waals surface area contributed by atoms with Crippen molar-refractivity contribution in [3.63, 3.8) is 0 Å². The van der Waals surface area contributed by atoms with E-state index in [1.165, 1.54) is 24.6 Å². The average Bonchev–Trinajstić information content (AvgIpc) is 2.76. The normalized spacial score (nSPS) is 13.2. The Kier molecular flexibility index (Phi) is 5.14. The third-order valence-electron chi connectivity index (χ3n) is 1.99. The van der Waals surface area contributed by atoms with Crippen LogP contribution in [0.15, 0.2) is 21.7 Å². The summed E-state index contributed by atoms with van der Waals surface area (Å²) in [5.74, 6) is 0. The first-order valence-electron chi connectivity index (χ1n) is 4.87. The van der Waals surface area contributed by atoms with E-state index in [1.54, 1.807) is 0 Å². The van der Waals surface area contributed by atoms with Crippen LogP contribution in [0.25, 0.3) is 0 Å². The maximum Gasteiger partial charge on any atom is 0.402 e. The number of ether oxygens (including phenoxy) is 1. The summed E-state index contributed by atoms with van der Waals surface area (Å²) in [5.41, 5.74) is 0. The lowest BCUT2D eigenvalue weighted by atomic mass is 10.6. The molecule has 0 amide bonds. The molecule has 0 aliphatic heterocycles. The third-order valence-corrected chi connectivity index (χ3v) is 5.21. The van der Waals surface area contributed by atoms with Crippen molar-refractivity contribution in [3.8, 4) is 0 Å². The van der Waals surface area contributed by atoms with Crippen molar-refractivity contribution >= 4 is 21.4 Å². The molecule has 0 aromatic carbocycles. The number of hydrogen-bond donors (Lipinski definition) is 0. The maximum absolute atomic E-state index is 12.4. The van der Waals surface area contributed by atoms with Crippen molar-refractivity contribution in [1.29, 1.82) is 0 Å². The van der Waals surface area contributed by atoms with Crippen LogP contribution in [0.1, 0.15) is 0 Å². The van der Waals surface area contributed by atoms with E-state index in [0.717, 1.165) is 11.3 Å². The molecule has 0 atom stereocenters. The fourth-order valence-electron chi connectivity index (χ4n) is 1.21.